The van der Waals surface area contributed by atoms with Gasteiger partial charge in [-0.1, -0.05) is 5.16 Å². The van der Waals surface area contributed by atoms with Crippen molar-refractivity contribution in [2.24, 2.45) is 0 Å². The summed E-state index contributed by atoms with van der Waals surface area (Å²) in [4.78, 5) is 4.31. The van der Waals surface area contributed by atoms with Crippen LogP contribution in [0.1, 0.15) is 37.7 Å². The van der Waals surface area contributed by atoms with E-state index in [0.717, 1.165) is 13.2 Å². The van der Waals surface area contributed by atoms with E-state index in [2.05, 4.69) is 15.5 Å². The van der Waals surface area contributed by atoms with Crippen LogP contribution in [0.5, 0.6) is 0 Å². The van der Waals surface area contributed by atoms with Gasteiger partial charge in [0.15, 0.2) is 5.82 Å². The van der Waals surface area contributed by atoms with Gasteiger partial charge in [-0.25, -0.2) is 0 Å². The summed E-state index contributed by atoms with van der Waals surface area (Å²) in [6.07, 6.45) is -0.132. The zero-order chi connectivity index (χ0) is 11.4. The number of hydrogen-bond donors (Lipinski definition) is 1. The van der Waals surface area contributed by atoms with Crippen molar-refractivity contribution < 1.29 is 14.0 Å². The standard InChI is InChI=1S/C10H17N3O3/c1-3-15-7(2)9-12-10(16-13-9)8-6-14-5-4-11-8/h7-8,11H,3-6H2,1-2H3. The molecule has 0 spiro atoms. The molecule has 1 N–H and O–H groups in total. The summed E-state index contributed by atoms with van der Waals surface area (Å²) >= 11 is 0. The maximum Gasteiger partial charge on any atom is 0.246 e. The molecule has 2 rings (SSSR count). The predicted octanol–water partition coefficient (Wildman–Crippen LogP) is 0.828. The monoisotopic (exact) mass is 227 g/mol. The lowest BCUT2D eigenvalue weighted by molar-refractivity contribution is 0.0655. The first kappa shape index (κ1) is 11.5. The molecule has 1 saturated heterocycles. The van der Waals surface area contributed by atoms with Crippen LogP contribution < -0.4 is 5.32 Å². The number of nitrogens with one attached hydrogen (secondary N) is 1. The molecule has 0 aromatic carbocycles. The third-order valence-electron chi connectivity index (χ3n) is 2.46. The predicted molar refractivity (Wildman–Crippen MR) is 55.9 cm³/mol. The van der Waals surface area contributed by atoms with E-state index in [-0.39, 0.29) is 12.1 Å². The van der Waals surface area contributed by atoms with Crippen molar-refractivity contribution in [3.63, 3.8) is 0 Å². The van der Waals surface area contributed by atoms with E-state index >= 15 is 0 Å². The van der Waals surface area contributed by atoms with Crippen LogP contribution in [0.2, 0.25) is 0 Å². The molecule has 2 atom stereocenters. The number of aromatic nitrogens is 2. The van der Waals surface area contributed by atoms with E-state index in [1.165, 1.54) is 0 Å². The maximum absolute atomic E-state index is 5.39. The lowest BCUT2D eigenvalue weighted by Crippen LogP contribution is -2.34. The molecule has 0 radical (unpaired) electrons. The van der Waals surface area contributed by atoms with Crippen LogP contribution in [0.3, 0.4) is 0 Å². The van der Waals surface area contributed by atoms with E-state index in [1.807, 2.05) is 13.8 Å². The van der Waals surface area contributed by atoms with E-state index in [1.54, 1.807) is 0 Å². The second-order valence-corrected chi connectivity index (χ2v) is 3.67. The van der Waals surface area contributed by atoms with Gasteiger partial charge in [0.25, 0.3) is 0 Å². The topological polar surface area (TPSA) is 69.4 Å². The molecule has 16 heavy (non-hydrogen) atoms. The van der Waals surface area contributed by atoms with Crippen molar-refractivity contribution in [3.05, 3.63) is 11.7 Å². The summed E-state index contributed by atoms with van der Waals surface area (Å²) in [5.74, 6) is 1.16. The van der Waals surface area contributed by atoms with E-state index in [4.69, 9.17) is 14.0 Å². The minimum atomic E-state index is -0.132. The van der Waals surface area contributed by atoms with Crippen molar-refractivity contribution in [3.8, 4) is 0 Å². The number of hydrogen-bond acceptors (Lipinski definition) is 6. The fourth-order valence-electron chi connectivity index (χ4n) is 1.60. The molecule has 2 unspecified atom stereocenters. The first-order valence-electron chi connectivity index (χ1n) is 5.57. The van der Waals surface area contributed by atoms with Crippen molar-refractivity contribution in [1.29, 1.82) is 0 Å². The molecule has 1 aromatic rings. The minimum Gasteiger partial charge on any atom is -0.378 e. The van der Waals surface area contributed by atoms with Crippen LogP contribution in [0.25, 0.3) is 0 Å². The Bertz CT molecular complexity index is 323. The molecule has 1 aromatic heterocycles. The van der Waals surface area contributed by atoms with Gasteiger partial charge in [-0.3, -0.25) is 0 Å². The van der Waals surface area contributed by atoms with Crippen LogP contribution in [-0.2, 0) is 9.47 Å². The third-order valence-corrected chi connectivity index (χ3v) is 2.46. The highest BCUT2D eigenvalue weighted by Gasteiger charge is 2.23. The van der Waals surface area contributed by atoms with E-state index in [0.29, 0.717) is 24.9 Å². The number of rotatable bonds is 4. The summed E-state index contributed by atoms with van der Waals surface area (Å²) in [5.41, 5.74) is 0. The summed E-state index contributed by atoms with van der Waals surface area (Å²) in [5, 5.41) is 7.16. The van der Waals surface area contributed by atoms with Crippen molar-refractivity contribution >= 4 is 0 Å². The average molecular weight is 227 g/mol. The van der Waals surface area contributed by atoms with Gasteiger partial charge < -0.3 is 19.3 Å². The molecule has 0 bridgehead atoms. The summed E-state index contributed by atoms with van der Waals surface area (Å²) < 4.78 is 15.9. The fraction of sp³-hybridized carbons (Fsp3) is 0.800. The lowest BCUT2D eigenvalue weighted by atomic mass is 10.3. The van der Waals surface area contributed by atoms with Crippen LogP contribution in [0, 0.1) is 0 Å². The highest BCUT2D eigenvalue weighted by Crippen LogP contribution is 2.18. The lowest BCUT2D eigenvalue weighted by Gasteiger charge is -2.20. The van der Waals surface area contributed by atoms with Crippen LogP contribution in [-0.4, -0.2) is 36.5 Å². The van der Waals surface area contributed by atoms with Crippen molar-refractivity contribution in [2.45, 2.75) is 26.0 Å². The van der Waals surface area contributed by atoms with Crippen LogP contribution >= 0.6 is 0 Å². The van der Waals surface area contributed by atoms with Gasteiger partial charge in [-0.05, 0) is 13.8 Å². The van der Waals surface area contributed by atoms with Crippen LogP contribution in [0.4, 0.5) is 0 Å². The van der Waals surface area contributed by atoms with E-state index < -0.39 is 0 Å². The molecule has 1 aliphatic rings. The molecule has 2 heterocycles. The van der Waals surface area contributed by atoms with Crippen molar-refractivity contribution in [2.75, 3.05) is 26.4 Å². The molecular formula is C10H17N3O3. The van der Waals surface area contributed by atoms with Crippen LogP contribution in [0.15, 0.2) is 4.52 Å². The van der Waals surface area contributed by atoms with Gasteiger partial charge in [0.1, 0.15) is 12.1 Å². The SMILES string of the molecule is CCOC(C)c1noc(C2COCCN2)n1. The molecular weight excluding hydrogens is 210 g/mol. The number of ether oxygens (including phenoxy) is 2. The smallest absolute Gasteiger partial charge is 0.246 e. The molecule has 1 fully saturated rings. The highest BCUT2D eigenvalue weighted by atomic mass is 16.5. The highest BCUT2D eigenvalue weighted by molar-refractivity contribution is 4.96. The molecule has 0 saturated carbocycles. The minimum absolute atomic E-state index is 0.00354. The Morgan fingerprint density at radius 3 is 3.19 bits per heavy atom. The number of nitrogens with zero attached hydrogens (tertiary/aromatic N) is 2. The maximum atomic E-state index is 5.39. The first-order chi connectivity index (χ1) is 7.81. The number of morpholine rings is 1. The molecule has 6 heteroatoms. The Hall–Kier alpha value is -0.980. The summed E-state index contributed by atoms with van der Waals surface area (Å²) in [6.45, 7) is 6.59. The second-order valence-electron chi connectivity index (χ2n) is 3.67. The zero-order valence-corrected chi connectivity index (χ0v) is 9.60. The molecule has 1 aliphatic heterocycles. The van der Waals surface area contributed by atoms with Gasteiger partial charge in [-0.15, -0.1) is 0 Å². The Balaban J connectivity index is 2.00. The van der Waals surface area contributed by atoms with E-state index in [9.17, 15) is 0 Å². The Morgan fingerprint density at radius 1 is 1.62 bits per heavy atom. The van der Waals surface area contributed by atoms with Crippen molar-refractivity contribution in [1.82, 2.24) is 15.5 Å². The van der Waals surface area contributed by atoms with Gasteiger partial charge >= 0.3 is 0 Å². The molecule has 0 aliphatic carbocycles. The van der Waals surface area contributed by atoms with Gasteiger partial charge in [0.2, 0.25) is 5.89 Å². The molecule has 0 amide bonds. The van der Waals surface area contributed by atoms with Gasteiger partial charge in [0, 0.05) is 13.2 Å². The zero-order valence-electron chi connectivity index (χ0n) is 9.60. The van der Waals surface area contributed by atoms with Gasteiger partial charge in [-0.2, -0.15) is 4.98 Å². The van der Waals surface area contributed by atoms with Gasteiger partial charge in [0.05, 0.1) is 13.2 Å². The molecule has 90 valence electrons. The Labute approximate surface area is 94.3 Å². The quantitative estimate of drug-likeness (QED) is 0.821. The summed E-state index contributed by atoms with van der Waals surface area (Å²) in [7, 11) is 0. The first-order valence-corrected chi connectivity index (χ1v) is 5.57. The normalized spacial score (nSPS) is 23.2. The molecule has 6 nitrogen and oxygen atoms in total. The second kappa shape index (κ2) is 5.38. The Morgan fingerprint density at radius 2 is 2.50 bits per heavy atom. The largest absolute Gasteiger partial charge is 0.378 e. The Kier molecular flexibility index (Phi) is 3.87. The summed E-state index contributed by atoms with van der Waals surface area (Å²) in [6, 6.07) is 0.00354. The fourth-order valence-corrected chi connectivity index (χ4v) is 1.60. The average Bonchev–Trinajstić information content (AvgIpc) is 2.80. The third kappa shape index (κ3) is 2.58.